The summed E-state index contributed by atoms with van der Waals surface area (Å²) in [6.45, 7) is 4.23. The highest BCUT2D eigenvalue weighted by Gasteiger charge is 2.23. The molecule has 46 heavy (non-hydrogen) atoms. The molecule has 0 fully saturated rings. The average molecular weight is 652 g/mol. The Morgan fingerprint density at radius 3 is 1.20 bits per heavy atom. The molecule has 0 aliphatic heterocycles. The molecule has 0 aromatic rings. The third kappa shape index (κ3) is 31.7. The topological polar surface area (TPSA) is 89.8 Å². The van der Waals surface area contributed by atoms with Gasteiger partial charge >= 0.3 is 0 Å². The number of carbonyl (C=O) groups excluding carboxylic acids is 1. The highest BCUT2D eigenvalue weighted by molar-refractivity contribution is 5.80. The number of allylic oxidation sites excluding steroid dienone is 2. The summed E-state index contributed by atoms with van der Waals surface area (Å²) in [5.74, 6) is -0.474. The molecule has 0 aromatic carbocycles. The smallest absolute Gasteiger partial charge is 0.249 e. The Hall–Kier alpha value is -0.910. The molecule has 274 valence electrons. The van der Waals surface area contributed by atoms with E-state index in [1.807, 2.05) is 0 Å². The quantitative estimate of drug-likeness (QED) is 0.0397. The number of carbonyl (C=O) groups is 1. The second-order valence-electron chi connectivity index (χ2n) is 14.2. The highest BCUT2D eigenvalue weighted by Crippen LogP contribution is 2.15. The van der Waals surface area contributed by atoms with Crippen LogP contribution in [0.4, 0.5) is 0 Å². The normalized spacial score (nSPS) is 13.8. The molecule has 0 aliphatic rings. The summed E-state index contributed by atoms with van der Waals surface area (Å²) in [6.07, 6.45) is 42.0. The van der Waals surface area contributed by atoms with Gasteiger partial charge in [-0.05, 0) is 38.5 Å². The molecule has 5 nitrogen and oxygen atoms in total. The van der Waals surface area contributed by atoms with Crippen molar-refractivity contribution in [2.24, 2.45) is 0 Å². The zero-order chi connectivity index (χ0) is 33.8. The molecule has 0 heterocycles. The SMILES string of the molecule is CCCCCCCCCCC/C=C\CCCCCCCCC(O)C(=O)NC(CO)C(O)CCCCCCCCCCCCCCC. The third-order valence-corrected chi connectivity index (χ3v) is 9.63. The summed E-state index contributed by atoms with van der Waals surface area (Å²) in [6, 6.07) is -0.710. The van der Waals surface area contributed by atoms with E-state index in [2.05, 4.69) is 31.3 Å². The summed E-state index contributed by atoms with van der Waals surface area (Å²) in [5.41, 5.74) is 0. The largest absolute Gasteiger partial charge is 0.394 e. The van der Waals surface area contributed by atoms with Crippen LogP contribution in [0.1, 0.15) is 219 Å². The van der Waals surface area contributed by atoms with E-state index >= 15 is 0 Å². The minimum absolute atomic E-state index is 0.313. The van der Waals surface area contributed by atoms with Gasteiger partial charge in [0.25, 0.3) is 0 Å². The Morgan fingerprint density at radius 2 is 0.826 bits per heavy atom. The molecular formula is C41H81NO4. The monoisotopic (exact) mass is 652 g/mol. The van der Waals surface area contributed by atoms with Crippen molar-refractivity contribution < 1.29 is 20.1 Å². The summed E-state index contributed by atoms with van der Waals surface area (Å²) < 4.78 is 0. The van der Waals surface area contributed by atoms with Gasteiger partial charge in [-0.15, -0.1) is 0 Å². The molecular weight excluding hydrogens is 570 g/mol. The van der Waals surface area contributed by atoms with Crippen LogP contribution in [-0.2, 0) is 4.79 Å². The molecule has 0 saturated carbocycles. The molecule has 5 heteroatoms. The number of rotatable bonds is 37. The summed E-state index contributed by atoms with van der Waals surface area (Å²) >= 11 is 0. The number of aliphatic hydroxyl groups excluding tert-OH is 3. The van der Waals surface area contributed by atoms with Crippen LogP contribution < -0.4 is 5.32 Å². The number of unbranched alkanes of at least 4 members (excludes halogenated alkanes) is 27. The Morgan fingerprint density at radius 1 is 0.500 bits per heavy atom. The number of hydrogen-bond donors (Lipinski definition) is 4. The van der Waals surface area contributed by atoms with Gasteiger partial charge in [-0.25, -0.2) is 0 Å². The minimum Gasteiger partial charge on any atom is -0.394 e. The van der Waals surface area contributed by atoms with E-state index in [9.17, 15) is 20.1 Å². The Bertz CT molecular complexity index is 640. The van der Waals surface area contributed by atoms with Crippen molar-refractivity contribution in [3.8, 4) is 0 Å². The first-order chi connectivity index (χ1) is 22.6. The van der Waals surface area contributed by atoms with E-state index in [0.717, 1.165) is 32.1 Å². The molecule has 1 amide bonds. The van der Waals surface area contributed by atoms with Crippen LogP contribution in [0.3, 0.4) is 0 Å². The molecule has 4 N–H and O–H groups in total. The maximum atomic E-state index is 12.4. The minimum atomic E-state index is -1.08. The van der Waals surface area contributed by atoms with Crippen LogP contribution in [0.2, 0.25) is 0 Å². The zero-order valence-corrected chi connectivity index (χ0v) is 31.0. The first-order valence-electron chi connectivity index (χ1n) is 20.5. The zero-order valence-electron chi connectivity index (χ0n) is 31.0. The molecule has 0 bridgehead atoms. The number of hydrogen-bond acceptors (Lipinski definition) is 4. The lowest BCUT2D eigenvalue weighted by atomic mass is 10.0. The van der Waals surface area contributed by atoms with Crippen molar-refractivity contribution in [3.05, 3.63) is 12.2 Å². The maximum Gasteiger partial charge on any atom is 0.249 e. The van der Waals surface area contributed by atoms with Crippen molar-refractivity contribution in [2.75, 3.05) is 6.61 Å². The lowest BCUT2D eigenvalue weighted by molar-refractivity contribution is -0.131. The predicted molar refractivity (Wildman–Crippen MR) is 199 cm³/mol. The fourth-order valence-corrected chi connectivity index (χ4v) is 6.36. The van der Waals surface area contributed by atoms with E-state index in [1.54, 1.807) is 0 Å². The standard InChI is InChI=1S/C41H81NO4/c1-3-5-7-9-11-13-15-17-18-19-20-21-22-24-26-28-30-32-34-36-40(45)41(46)42-38(37-43)39(44)35-33-31-29-27-25-23-16-14-12-10-8-6-4-2/h20-21,38-40,43-45H,3-19,22-37H2,1-2H3,(H,42,46)/b21-20-. The van der Waals surface area contributed by atoms with Crippen LogP contribution in [0.15, 0.2) is 12.2 Å². The van der Waals surface area contributed by atoms with Crippen molar-refractivity contribution in [3.63, 3.8) is 0 Å². The third-order valence-electron chi connectivity index (χ3n) is 9.63. The van der Waals surface area contributed by atoms with E-state index in [0.29, 0.717) is 12.8 Å². The summed E-state index contributed by atoms with van der Waals surface area (Å²) in [7, 11) is 0. The van der Waals surface area contributed by atoms with E-state index in [-0.39, 0.29) is 6.61 Å². The summed E-state index contributed by atoms with van der Waals surface area (Å²) in [4.78, 5) is 12.4. The fourth-order valence-electron chi connectivity index (χ4n) is 6.36. The molecule has 0 aliphatic carbocycles. The van der Waals surface area contributed by atoms with Crippen LogP contribution >= 0.6 is 0 Å². The fraction of sp³-hybridized carbons (Fsp3) is 0.927. The molecule has 3 atom stereocenters. The Kier molecular flexibility index (Phi) is 36.2. The number of amides is 1. The average Bonchev–Trinajstić information content (AvgIpc) is 3.06. The van der Waals surface area contributed by atoms with Crippen molar-refractivity contribution in [1.82, 2.24) is 5.32 Å². The first kappa shape index (κ1) is 45.1. The molecule has 0 rings (SSSR count). The molecule has 3 unspecified atom stereocenters. The second-order valence-corrected chi connectivity index (χ2v) is 14.2. The predicted octanol–water partition coefficient (Wildman–Crippen LogP) is 11.3. The van der Waals surface area contributed by atoms with Gasteiger partial charge in [0.15, 0.2) is 0 Å². The van der Waals surface area contributed by atoms with E-state index in [1.165, 1.54) is 161 Å². The van der Waals surface area contributed by atoms with E-state index in [4.69, 9.17) is 0 Å². The van der Waals surface area contributed by atoms with Crippen LogP contribution in [-0.4, -0.2) is 46.1 Å². The Labute approximate surface area is 287 Å². The van der Waals surface area contributed by atoms with Crippen molar-refractivity contribution in [1.29, 1.82) is 0 Å². The van der Waals surface area contributed by atoms with Crippen LogP contribution in [0.25, 0.3) is 0 Å². The van der Waals surface area contributed by atoms with Crippen LogP contribution in [0.5, 0.6) is 0 Å². The molecule has 0 saturated heterocycles. The van der Waals surface area contributed by atoms with Gasteiger partial charge < -0.3 is 20.6 Å². The van der Waals surface area contributed by atoms with Gasteiger partial charge in [-0.2, -0.15) is 0 Å². The van der Waals surface area contributed by atoms with E-state index < -0.39 is 24.2 Å². The van der Waals surface area contributed by atoms with Gasteiger partial charge in [0.1, 0.15) is 6.10 Å². The maximum absolute atomic E-state index is 12.4. The van der Waals surface area contributed by atoms with Gasteiger partial charge in [0, 0.05) is 0 Å². The molecule has 0 spiro atoms. The number of aliphatic hydroxyl groups is 3. The second kappa shape index (κ2) is 36.9. The van der Waals surface area contributed by atoms with Crippen LogP contribution in [0, 0.1) is 0 Å². The molecule has 0 radical (unpaired) electrons. The van der Waals surface area contributed by atoms with Gasteiger partial charge in [-0.3, -0.25) is 4.79 Å². The molecule has 0 aromatic heterocycles. The van der Waals surface area contributed by atoms with Crippen molar-refractivity contribution in [2.45, 2.75) is 238 Å². The highest BCUT2D eigenvalue weighted by atomic mass is 16.3. The lowest BCUT2D eigenvalue weighted by Crippen LogP contribution is -2.49. The van der Waals surface area contributed by atoms with Crippen molar-refractivity contribution >= 4 is 5.91 Å². The summed E-state index contributed by atoms with van der Waals surface area (Å²) in [5, 5.41) is 33.2. The first-order valence-corrected chi connectivity index (χ1v) is 20.5. The number of nitrogens with one attached hydrogen (secondary N) is 1. The van der Waals surface area contributed by atoms with Gasteiger partial charge in [0.2, 0.25) is 5.91 Å². The Balaban J connectivity index is 3.64. The van der Waals surface area contributed by atoms with Gasteiger partial charge in [-0.1, -0.05) is 193 Å². The van der Waals surface area contributed by atoms with Gasteiger partial charge in [0.05, 0.1) is 18.8 Å². The lowest BCUT2D eigenvalue weighted by Gasteiger charge is -2.23.